The van der Waals surface area contributed by atoms with Crippen molar-refractivity contribution in [2.45, 2.75) is 28.5 Å². The third-order valence-corrected chi connectivity index (χ3v) is 6.41. The molecule has 2 aromatic carbocycles. The molecule has 4 rings (SSSR count). The first-order valence-electron chi connectivity index (χ1n) is 8.59. The summed E-state index contributed by atoms with van der Waals surface area (Å²) in [6, 6.07) is 16.9. The van der Waals surface area contributed by atoms with Crippen molar-refractivity contribution in [3.05, 3.63) is 83.4 Å². The second kappa shape index (κ2) is 8.15. The lowest BCUT2D eigenvalue weighted by molar-refractivity contribution is 0.617. The highest BCUT2D eigenvalue weighted by Crippen LogP contribution is 2.30. The van der Waals surface area contributed by atoms with Crippen LogP contribution in [-0.4, -0.2) is 15.0 Å². The Labute approximate surface area is 165 Å². The summed E-state index contributed by atoms with van der Waals surface area (Å²) in [5, 5.41) is 0.891. The molecule has 0 bridgehead atoms. The SMILES string of the molecule is Cc1c(SCc2ccccc2F)ccnc1CSc1nc2ccccc2[nH]1. The second-order valence-electron chi connectivity index (χ2n) is 6.11. The number of nitrogens with zero attached hydrogens (tertiary/aromatic N) is 2. The first kappa shape index (κ1) is 18.1. The summed E-state index contributed by atoms with van der Waals surface area (Å²) in [7, 11) is 0. The summed E-state index contributed by atoms with van der Waals surface area (Å²) in [4.78, 5) is 13.6. The summed E-state index contributed by atoms with van der Waals surface area (Å²) in [6.45, 7) is 2.07. The van der Waals surface area contributed by atoms with Crippen LogP contribution in [-0.2, 0) is 11.5 Å². The molecule has 27 heavy (non-hydrogen) atoms. The molecule has 0 unspecified atom stereocenters. The van der Waals surface area contributed by atoms with Gasteiger partial charge in [0, 0.05) is 22.6 Å². The fourth-order valence-electron chi connectivity index (χ4n) is 2.77. The number of thioether (sulfide) groups is 2. The summed E-state index contributed by atoms with van der Waals surface area (Å²) in [5.74, 6) is 1.19. The molecule has 0 amide bonds. The molecular formula is C21H18FN3S2. The maximum atomic E-state index is 13.8. The fraction of sp³-hybridized carbons (Fsp3) is 0.143. The van der Waals surface area contributed by atoms with E-state index in [0.29, 0.717) is 5.75 Å². The number of nitrogens with one attached hydrogen (secondary N) is 1. The van der Waals surface area contributed by atoms with Gasteiger partial charge in [-0.15, -0.1) is 11.8 Å². The van der Waals surface area contributed by atoms with Crippen molar-refractivity contribution >= 4 is 34.6 Å². The van der Waals surface area contributed by atoms with Crippen LogP contribution in [0.15, 0.2) is 70.8 Å². The lowest BCUT2D eigenvalue weighted by Gasteiger charge is -2.10. The molecule has 0 aliphatic heterocycles. The van der Waals surface area contributed by atoms with Gasteiger partial charge in [-0.2, -0.15) is 0 Å². The van der Waals surface area contributed by atoms with Crippen molar-refractivity contribution in [2.24, 2.45) is 0 Å². The minimum Gasteiger partial charge on any atom is -0.333 e. The highest BCUT2D eigenvalue weighted by atomic mass is 32.2. The zero-order valence-corrected chi connectivity index (χ0v) is 16.4. The summed E-state index contributed by atoms with van der Waals surface area (Å²) >= 11 is 3.28. The molecule has 0 saturated heterocycles. The third-order valence-electron chi connectivity index (χ3n) is 4.31. The number of fused-ring (bicyclic) bond motifs is 1. The minimum absolute atomic E-state index is 0.155. The second-order valence-corrected chi connectivity index (χ2v) is 8.09. The molecule has 2 heterocycles. The average molecular weight is 396 g/mol. The Balaban J connectivity index is 1.45. The number of pyridine rings is 1. The smallest absolute Gasteiger partial charge is 0.166 e. The van der Waals surface area contributed by atoms with Gasteiger partial charge in [-0.3, -0.25) is 4.98 Å². The Morgan fingerprint density at radius 3 is 2.63 bits per heavy atom. The number of halogens is 1. The van der Waals surface area contributed by atoms with Gasteiger partial charge in [0.2, 0.25) is 0 Å². The van der Waals surface area contributed by atoms with E-state index in [-0.39, 0.29) is 5.82 Å². The molecule has 0 saturated carbocycles. The number of hydrogen-bond acceptors (Lipinski definition) is 4. The molecule has 0 radical (unpaired) electrons. The van der Waals surface area contributed by atoms with Crippen molar-refractivity contribution < 1.29 is 4.39 Å². The van der Waals surface area contributed by atoms with Crippen molar-refractivity contribution in [1.82, 2.24) is 15.0 Å². The van der Waals surface area contributed by atoms with Gasteiger partial charge in [-0.1, -0.05) is 42.1 Å². The molecule has 0 aliphatic rings. The van der Waals surface area contributed by atoms with Gasteiger partial charge in [0.05, 0.1) is 16.7 Å². The van der Waals surface area contributed by atoms with Gasteiger partial charge in [0.1, 0.15) is 5.82 Å². The number of benzene rings is 2. The number of imidazole rings is 1. The van der Waals surface area contributed by atoms with Crippen LogP contribution >= 0.6 is 23.5 Å². The van der Waals surface area contributed by atoms with Crippen molar-refractivity contribution in [3.8, 4) is 0 Å². The van der Waals surface area contributed by atoms with Crippen molar-refractivity contribution in [3.63, 3.8) is 0 Å². The topological polar surface area (TPSA) is 41.6 Å². The Morgan fingerprint density at radius 1 is 0.963 bits per heavy atom. The number of aromatic amines is 1. The number of rotatable bonds is 6. The van der Waals surface area contributed by atoms with Crippen LogP contribution in [0.2, 0.25) is 0 Å². The molecular weight excluding hydrogens is 377 g/mol. The zero-order chi connectivity index (χ0) is 18.6. The first-order valence-corrected chi connectivity index (χ1v) is 10.6. The lowest BCUT2D eigenvalue weighted by atomic mass is 10.2. The molecule has 2 aromatic heterocycles. The van der Waals surface area contributed by atoms with Gasteiger partial charge >= 0.3 is 0 Å². The van der Waals surface area contributed by atoms with E-state index >= 15 is 0 Å². The Bertz CT molecular complexity index is 1040. The normalized spacial score (nSPS) is 11.2. The lowest BCUT2D eigenvalue weighted by Crippen LogP contribution is -1.95. The number of H-pyrrole nitrogens is 1. The van der Waals surface area contributed by atoms with E-state index in [9.17, 15) is 4.39 Å². The first-order chi connectivity index (χ1) is 13.2. The Hall–Kier alpha value is -2.31. The maximum Gasteiger partial charge on any atom is 0.166 e. The zero-order valence-electron chi connectivity index (χ0n) is 14.8. The summed E-state index contributed by atoms with van der Waals surface area (Å²) < 4.78 is 13.8. The van der Waals surface area contributed by atoms with Crippen LogP contribution in [0.1, 0.15) is 16.8 Å². The van der Waals surface area contributed by atoms with Gasteiger partial charge < -0.3 is 4.98 Å². The minimum atomic E-state index is -0.155. The van der Waals surface area contributed by atoms with E-state index in [4.69, 9.17) is 0 Å². The van der Waals surface area contributed by atoms with Crippen molar-refractivity contribution in [1.29, 1.82) is 0 Å². The molecule has 3 nitrogen and oxygen atoms in total. The van der Waals surface area contributed by atoms with Gasteiger partial charge in [-0.25, -0.2) is 9.37 Å². The summed E-state index contributed by atoms with van der Waals surface area (Å²) in [6.07, 6.45) is 1.82. The van der Waals surface area contributed by atoms with Crippen molar-refractivity contribution in [2.75, 3.05) is 0 Å². The average Bonchev–Trinajstić information content (AvgIpc) is 3.10. The molecule has 1 N–H and O–H groups in total. The van der Waals surface area contributed by atoms with E-state index in [0.717, 1.165) is 43.7 Å². The van der Waals surface area contributed by atoms with E-state index in [1.54, 1.807) is 29.6 Å². The highest BCUT2D eigenvalue weighted by molar-refractivity contribution is 7.98. The molecule has 4 aromatic rings. The van der Waals surface area contributed by atoms with Gasteiger partial charge in [0.25, 0.3) is 0 Å². The van der Waals surface area contributed by atoms with Crippen LogP contribution < -0.4 is 0 Å². The number of hydrogen-bond donors (Lipinski definition) is 1. The maximum absolute atomic E-state index is 13.8. The van der Waals surface area contributed by atoms with Crippen LogP contribution in [0, 0.1) is 12.7 Å². The molecule has 136 valence electrons. The number of aromatic nitrogens is 3. The quantitative estimate of drug-likeness (QED) is 0.407. The molecule has 0 spiro atoms. The summed E-state index contributed by atoms with van der Waals surface area (Å²) in [5.41, 5.74) is 4.90. The molecule has 0 fully saturated rings. The predicted molar refractivity (Wildman–Crippen MR) is 111 cm³/mol. The molecule has 6 heteroatoms. The largest absolute Gasteiger partial charge is 0.333 e. The predicted octanol–water partition coefficient (Wildman–Crippen LogP) is 5.99. The molecule has 0 atom stereocenters. The van der Waals surface area contributed by atoms with Crippen LogP contribution in [0.5, 0.6) is 0 Å². The van der Waals surface area contributed by atoms with Gasteiger partial charge in [0.15, 0.2) is 5.16 Å². The van der Waals surface area contributed by atoms with E-state index in [1.807, 2.05) is 48.7 Å². The highest BCUT2D eigenvalue weighted by Gasteiger charge is 2.10. The molecule has 0 aliphatic carbocycles. The van der Waals surface area contributed by atoms with E-state index < -0.39 is 0 Å². The van der Waals surface area contributed by atoms with Gasteiger partial charge in [-0.05, 0) is 42.3 Å². The Kier molecular flexibility index (Phi) is 5.45. The monoisotopic (exact) mass is 395 g/mol. The van der Waals surface area contributed by atoms with Crippen LogP contribution in [0.4, 0.5) is 4.39 Å². The van der Waals surface area contributed by atoms with Crippen LogP contribution in [0.25, 0.3) is 11.0 Å². The van der Waals surface area contributed by atoms with Crippen LogP contribution in [0.3, 0.4) is 0 Å². The Morgan fingerprint density at radius 2 is 1.78 bits per heavy atom. The number of para-hydroxylation sites is 2. The standard InChI is InChI=1S/C21H18FN3S2/c1-14-19(13-27-21-24-17-8-4-5-9-18(17)25-21)23-11-10-20(14)26-12-15-6-2-3-7-16(15)22/h2-11H,12-13H2,1H3,(H,24,25). The van der Waals surface area contributed by atoms with E-state index in [2.05, 4.69) is 21.9 Å². The third kappa shape index (κ3) is 4.17. The fourth-order valence-corrected chi connectivity index (χ4v) is 4.71. The van der Waals surface area contributed by atoms with E-state index in [1.165, 1.54) is 6.07 Å².